The fourth-order valence-electron chi connectivity index (χ4n) is 3.04. The molecule has 0 N–H and O–H groups in total. The normalized spacial score (nSPS) is 19.5. The number of hydrogen-bond acceptors (Lipinski definition) is 2. The molecule has 1 saturated heterocycles. The molecule has 1 heterocycles. The quantitative estimate of drug-likeness (QED) is 0.786. The topological polar surface area (TPSA) is 20.3 Å². The molecule has 0 atom stereocenters. The predicted octanol–water partition coefficient (Wildman–Crippen LogP) is 4.01. The second-order valence-electron chi connectivity index (χ2n) is 7.02. The number of likely N-dealkylation sites (tertiary alicyclic amines) is 1. The minimum atomic E-state index is -0.513. The molecule has 1 aromatic rings. The number of halogens is 2. The molecule has 0 spiro atoms. The molecule has 0 aliphatic carbocycles. The maximum Gasteiger partial charge on any atom is 0.228 e. The highest BCUT2D eigenvalue weighted by atomic mass is 35.5. The first-order chi connectivity index (χ1) is 9.73. The van der Waals surface area contributed by atoms with Crippen LogP contribution in [-0.2, 0) is 11.2 Å². The van der Waals surface area contributed by atoms with Gasteiger partial charge in [-0.05, 0) is 82.4 Å². The van der Waals surface area contributed by atoms with Crippen molar-refractivity contribution in [1.29, 1.82) is 0 Å². The van der Waals surface area contributed by atoms with Gasteiger partial charge in [-0.25, -0.2) is 4.39 Å². The molecular weight excluding hydrogens is 289 g/mol. The van der Waals surface area contributed by atoms with E-state index in [1.807, 2.05) is 0 Å². The van der Waals surface area contributed by atoms with Gasteiger partial charge in [0.2, 0.25) is 5.24 Å². The molecule has 0 unspecified atom stereocenters. The van der Waals surface area contributed by atoms with Gasteiger partial charge in [-0.2, -0.15) is 0 Å². The lowest BCUT2D eigenvalue weighted by atomic mass is 9.74. The summed E-state index contributed by atoms with van der Waals surface area (Å²) in [5.74, 6) is -0.257. The number of rotatable bonds is 3. The van der Waals surface area contributed by atoms with Gasteiger partial charge in [0.1, 0.15) is 5.82 Å². The average Bonchev–Trinajstić information content (AvgIpc) is 2.41. The number of hydrogen-bond donors (Lipinski definition) is 0. The third kappa shape index (κ3) is 3.83. The van der Waals surface area contributed by atoms with Crippen molar-refractivity contribution >= 4 is 16.8 Å². The summed E-state index contributed by atoms with van der Waals surface area (Å²) in [6, 6.07) is 6.36. The maximum atomic E-state index is 13.0. The van der Waals surface area contributed by atoms with Gasteiger partial charge in [0.25, 0.3) is 0 Å². The van der Waals surface area contributed by atoms with Crippen LogP contribution in [0.2, 0.25) is 0 Å². The summed E-state index contributed by atoms with van der Waals surface area (Å²) in [6.45, 7) is 8.28. The Morgan fingerprint density at radius 1 is 1.24 bits per heavy atom. The summed E-state index contributed by atoms with van der Waals surface area (Å²) < 4.78 is 13.0. The zero-order valence-corrected chi connectivity index (χ0v) is 13.7. The highest BCUT2D eigenvalue weighted by molar-refractivity contribution is 6.64. The second-order valence-corrected chi connectivity index (χ2v) is 7.36. The molecule has 116 valence electrons. The van der Waals surface area contributed by atoms with Crippen molar-refractivity contribution < 1.29 is 9.18 Å². The number of piperidine rings is 1. The Bertz CT molecular complexity index is 499. The Morgan fingerprint density at radius 3 is 2.19 bits per heavy atom. The van der Waals surface area contributed by atoms with Crippen LogP contribution in [0.4, 0.5) is 4.39 Å². The molecule has 21 heavy (non-hydrogen) atoms. The first kappa shape index (κ1) is 16.4. The van der Waals surface area contributed by atoms with Crippen molar-refractivity contribution in [2.45, 2.75) is 45.6 Å². The zero-order valence-electron chi connectivity index (χ0n) is 13.0. The van der Waals surface area contributed by atoms with E-state index >= 15 is 0 Å². The van der Waals surface area contributed by atoms with E-state index in [-0.39, 0.29) is 16.6 Å². The average molecular weight is 312 g/mol. The van der Waals surface area contributed by atoms with Crippen LogP contribution in [0.15, 0.2) is 24.3 Å². The van der Waals surface area contributed by atoms with Crippen LogP contribution in [0.1, 0.15) is 39.2 Å². The summed E-state index contributed by atoms with van der Waals surface area (Å²) in [5.41, 5.74) is 0.563. The van der Waals surface area contributed by atoms with Gasteiger partial charge in [-0.1, -0.05) is 12.1 Å². The molecule has 1 fully saturated rings. The molecule has 1 aromatic carbocycles. The van der Waals surface area contributed by atoms with Crippen molar-refractivity contribution in [1.82, 2.24) is 4.90 Å². The van der Waals surface area contributed by atoms with E-state index in [2.05, 4.69) is 25.7 Å². The molecule has 0 amide bonds. The lowest BCUT2D eigenvalue weighted by Crippen LogP contribution is -2.51. The van der Waals surface area contributed by atoms with Gasteiger partial charge in [0, 0.05) is 5.54 Å². The molecule has 1 aliphatic heterocycles. The highest BCUT2D eigenvalue weighted by Gasteiger charge is 2.42. The number of carbonyl (C=O) groups is 1. The summed E-state index contributed by atoms with van der Waals surface area (Å²) in [7, 11) is 0. The summed E-state index contributed by atoms with van der Waals surface area (Å²) in [5, 5.41) is -0.264. The van der Waals surface area contributed by atoms with Crippen LogP contribution >= 0.6 is 11.6 Å². The molecule has 0 bridgehead atoms. The van der Waals surface area contributed by atoms with E-state index in [1.54, 1.807) is 12.1 Å². The Morgan fingerprint density at radius 2 is 1.76 bits per heavy atom. The summed E-state index contributed by atoms with van der Waals surface area (Å²) in [6.07, 6.45) is 2.10. The smallest absolute Gasteiger partial charge is 0.228 e. The van der Waals surface area contributed by atoms with Crippen molar-refractivity contribution in [2.75, 3.05) is 13.1 Å². The standard InChI is InChI=1S/C17H23ClFNO/c1-16(2,3)20-10-8-17(9-11-20,15(18)21)12-13-4-6-14(19)7-5-13/h4-7H,8-12H2,1-3H3. The van der Waals surface area contributed by atoms with E-state index in [9.17, 15) is 9.18 Å². The molecule has 0 saturated carbocycles. The molecule has 2 nitrogen and oxygen atoms in total. The number of benzene rings is 1. The third-order valence-electron chi connectivity index (χ3n) is 4.54. The minimum absolute atomic E-state index is 0.109. The van der Waals surface area contributed by atoms with Gasteiger partial charge in [-0.3, -0.25) is 9.69 Å². The fraction of sp³-hybridized carbons (Fsp3) is 0.588. The zero-order chi connectivity index (χ0) is 15.7. The van der Waals surface area contributed by atoms with E-state index in [4.69, 9.17) is 11.6 Å². The third-order valence-corrected chi connectivity index (χ3v) is 4.94. The van der Waals surface area contributed by atoms with Gasteiger partial charge in [0.15, 0.2) is 0 Å². The Balaban J connectivity index is 2.13. The summed E-state index contributed by atoms with van der Waals surface area (Å²) in [4.78, 5) is 14.4. The lowest BCUT2D eigenvalue weighted by molar-refractivity contribution is -0.124. The largest absolute Gasteiger partial charge is 0.298 e. The van der Waals surface area contributed by atoms with E-state index in [0.717, 1.165) is 31.5 Å². The van der Waals surface area contributed by atoms with Crippen molar-refractivity contribution in [3.05, 3.63) is 35.6 Å². The Hall–Kier alpha value is -0.930. The van der Waals surface area contributed by atoms with Crippen LogP contribution in [0.25, 0.3) is 0 Å². The molecule has 1 aliphatic rings. The van der Waals surface area contributed by atoms with E-state index in [1.165, 1.54) is 12.1 Å². The SMILES string of the molecule is CC(C)(C)N1CCC(Cc2ccc(F)cc2)(C(=O)Cl)CC1. The van der Waals surface area contributed by atoms with Crippen molar-refractivity contribution in [3.63, 3.8) is 0 Å². The number of carbonyl (C=O) groups excluding carboxylic acids is 1. The highest BCUT2D eigenvalue weighted by Crippen LogP contribution is 2.39. The molecule has 0 aromatic heterocycles. The summed E-state index contributed by atoms with van der Waals surface area (Å²) >= 11 is 5.93. The molecule has 4 heteroatoms. The lowest BCUT2D eigenvalue weighted by Gasteiger charge is -2.45. The first-order valence-corrected chi connectivity index (χ1v) is 7.80. The van der Waals surface area contributed by atoms with Gasteiger partial charge in [-0.15, -0.1) is 0 Å². The second kappa shape index (κ2) is 6.05. The maximum absolute atomic E-state index is 13.0. The Kier molecular flexibility index (Phi) is 4.74. The molecular formula is C17H23ClFNO. The van der Waals surface area contributed by atoms with Crippen LogP contribution in [0, 0.1) is 11.2 Å². The van der Waals surface area contributed by atoms with Gasteiger partial charge < -0.3 is 0 Å². The number of nitrogens with zero attached hydrogens (tertiary/aromatic N) is 1. The van der Waals surface area contributed by atoms with Gasteiger partial charge >= 0.3 is 0 Å². The monoisotopic (exact) mass is 311 g/mol. The fourth-order valence-corrected chi connectivity index (χ4v) is 3.30. The molecule has 2 rings (SSSR count). The predicted molar refractivity (Wildman–Crippen MR) is 84.0 cm³/mol. The van der Waals surface area contributed by atoms with Crippen LogP contribution in [-0.4, -0.2) is 28.8 Å². The Labute approximate surface area is 131 Å². The van der Waals surface area contributed by atoms with E-state index in [0.29, 0.717) is 6.42 Å². The van der Waals surface area contributed by atoms with Crippen LogP contribution < -0.4 is 0 Å². The molecule has 0 radical (unpaired) electrons. The van der Waals surface area contributed by atoms with Crippen molar-refractivity contribution in [2.24, 2.45) is 5.41 Å². The minimum Gasteiger partial charge on any atom is -0.298 e. The first-order valence-electron chi connectivity index (χ1n) is 7.42. The van der Waals surface area contributed by atoms with Crippen LogP contribution in [0.5, 0.6) is 0 Å². The van der Waals surface area contributed by atoms with Crippen molar-refractivity contribution in [3.8, 4) is 0 Å². The van der Waals surface area contributed by atoms with Crippen LogP contribution in [0.3, 0.4) is 0 Å². The van der Waals surface area contributed by atoms with E-state index < -0.39 is 5.41 Å². The van der Waals surface area contributed by atoms with Gasteiger partial charge in [0.05, 0.1) is 5.41 Å².